The lowest BCUT2D eigenvalue weighted by molar-refractivity contribution is -0.134. The number of hydrogen-bond acceptors (Lipinski definition) is 4. The Hall–Kier alpha value is -3.93. The van der Waals surface area contributed by atoms with Gasteiger partial charge in [-0.15, -0.1) is 0 Å². The first-order valence-corrected chi connectivity index (χ1v) is 16.1. The highest BCUT2D eigenvalue weighted by Crippen LogP contribution is 2.27. The van der Waals surface area contributed by atoms with Crippen molar-refractivity contribution in [3.05, 3.63) is 101 Å². The van der Waals surface area contributed by atoms with E-state index in [2.05, 4.69) is 6.92 Å². The summed E-state index contributed by atoms with van der Waals surface area (Å²) in [4.78, 5) is 34.7. The lowest BCUT2D eigenvalue weighted by Crippen LogP contribution is -2.37. The third-order valence-corrected chi connectivity index (χ3v) is 8.06. The zero-order valence-corrected chi connectivity index (χ0v) is 26.1. The van der Waals surface area contributed by atoms with Crippen LogP contribution >= 0.6 is 0 Å². The van der Waals surface area contributed by atoms with Crippen molar-refractivity contribution in [2.24, 2.45) is 0 Å². The second kappa shape index (κ2) is 16.6. The van der Waals surface area contributed by atoms with Gasteiger partial charge in [0.25, 0.3) is 5.56 Å². The molecule has 1 amide bonds. The number of hydrogen-bond donors (Lipinski definition) is 0. The van der Waals surface area contributed by atoms with Crippen LogP contribution in [0.1, 0.15) is 102 Å². The van der Waals surface area contributed by atoms with Gasteiger partial charge in [-0.25, -0.2) is 4.98 Å². The van der Waals surface area contributed by atoms with E-state index in [0.717, 1.165) is 30.6 Å². The minimum absolute atomic E-state index is 0.0833. The number of rotatable bonds is 17. The van der Waals surface area contributed by atoms with E-state index < -0.39 is 6.04 Å². The third kappa shape index (κ3) is 8.79. The van der Waals surface area contributed by atoms with Crippen LogP contribution in [0.25, 0.3) is 16.6 Å². The van der Waals surface area contributed by atoms with E-state index in [1.165, 1.54) is 38.5 Å². The fourth-order valence-corrected chi connectivity index (χ4v) is 5.63. The Morgan fingerprint density at radius 2 is 1.44 bits per heavy atom. The first kappa shape index (κ1) is 32.0. The molecule has 0 N–H and O–H groups in total. The van der Waals surface area contributed by atoms with Crippen LogP contribution < -0.4 is 10.3 Å². The van der Waals surface area contributed by atoms with E-state index in [1.54, 1.807) is 10.6 Å². The predicted molar refractivity (Wildman–Crippen MR) is 176 cm³/mol. The van der Waals surface area contributed by atoms with Gasteiger partial charge in [0, 0.05) is 13.0 Å². The minimum Gasteiger partial charge on any atom is -0.494 e. The van der Waals surface area contributed by atoms with Crippen molar-refractivity contribution in [2.75, 3.05) is 6.61 Å². The maximum atomic E-state index is 14.0. The first-order chi connectivity index (χ1) is 21.0. The normalized spacial score (nSPS) is 11.9. The van der Waals surface area contributed by atoms with Crippen LogP contribution in [0, 0.1) is 0 Å². The number of carbonyl (C=O) groups excluding carboxylic acids is 1. The number of para-hydroxylation sites is 1. The van der Waals surface area contributed by atoms with Crippen LogP contribution in [0.15, 0.2) is 83.7 Å². The summed E-state index contributed by atoms with van der Waals surface area (Å²) < 4.78 is 7.30. The fraction of sp³-hybridized carbons (Fsp3) is 0.432. The molecule has 1 atom stereocenters. The number of ether oxygens (including phenoxy) is 1. The molecule has 0 radical (unpaired) electrons. The van der Waals surface area contributed by atoms with Gasteiger partial charge < -0.3 is 9.64 Å². The standard InChI is InChI=1S/C37H47N3O3/c1-4-6-7-8-9-10-11-12-16-23-35(41)39(28-30-19-14-13-15-20-30)29(3)36-38-34-22-18-17-21-33(34)37(42)40(36)31-24-26-32(27-25-31)43-5-2/h13-15,17-22,24-27,29H,4-12,16,23,28H2,1-3H3. The molecule has 0 aliphatic heterocycles. The SMILES string of the molecule is CCCCCCCCCCCC(=O)N(Cc1ccccc1)C(C)c1nc2ccccc2c(=O)n1-c1ccc(OCC)cc1. The lowest BCUT2D eigenvalue weighted by atomic mass is 10.1. The van der Waals surface area contributed by atoms with Crippen molar-refractivity contribution in [1.29, 1.82) is 0 Å². The Morgan fingerprint density at radius 3 is 2.12 bits per heavy atom. The fourth-order valence-electron chi connectivity index (χ4n) is 5.63. The van der Waals surface area contributed by atoms with Gasteiger partial charge in [-0.1, -0.05) is 101 Å². The number of benzene rings is 3. The summed E-state index contributed by atoms with van der Waals surface area (Å²) in [5.74, 6) is 1.37. The van der Waals surface area contributed by atoms with Crippen molar-refractivity contribution in [3.63, 3.8) is 0 Å². The van der Waals surface area contributed by atoms with Crippen molar-refractivity contribution < 1.29 is 9.53 Å². The van der Waals surface area contributed by atoms with Crippen LogP contribution in [0.4, 0.5) is 0 Å². The molecular formula is C37H47N3O3. The van der Waals surface area contributed by atoms with Crippen molar-refractivity contribution in [2.45, 2.75) is 97.6 Å². The Morgan fingerprint density at radius 1 is 0.814 bits per heavy atom. The summed E-state index contributed by atoms with van der Waals surface area (Å²) in [6, 6.07) is 24.5. The average molecular weight is 582 g/mol. The molecule has 0 saturated carbocycles. The molecule has 228 valence electrons. The van der Waals surface area contributed by atoms with Crippen LogP contribution in [-0.4, -0.2) is 27.0 Å². The van der Waals surface area contributed by atoms with Gasteiger partial charge in [-0.2, -0.15) is 0 Å². The Balaban J connectivity index is 1.61. The summed E-state index contributed by atoms with van der Waals surface area (Å²) in [6.45, 7) is 7.18. The monoisotopic (exact) mass is 581 g/mol. The third-order valence-electron chi connectivity index (χ3n) is 8.06. The molecule has 1 heterocycles. The molecule has 0 saturated heterocycles. The van der Waals surface area contributed by atoms with Gasteiger partial charge in [-0.3, -0.25) is 14.2 Å². The predicted octanol–water partition coefficient (Wildman–Crippen LogP) is 8.80. The van der Waals surface area contributed by atoms with Gasteiger partial charge >= 0.3 is 0 Å². The molecule has 0 spiro atoms. The highest BCUT2D eigenvalue weighted by atomic mass is 16.5. The average Bonchev–Trinajstić information content (AvgIpc) is 3.03. The van der Waals surface area contributed by atoms with Crippen molar-refractivity contribution in [3.8, 4) is 11.4 Å². The molecule has 4 aromatic rings. The number of aromatic nitrogens is 2. The first-order valence-electron chi connectivity index (χ1n) is 16.1. The number of carbonyl (C=O) groups is 1. The molecule has 4 rings (SSSR count). The van der Waals surface area contributed by atoms with Gasteiger partial charge in [0.1, 0.15) is 11.6 Å². The zero-order valence-electron chi connectivity index (χ0n) is 26.1. The van der Waals surface area contributed by atoms with Gasteiger partial charge in [0.15, 0.2) is 0 Å². The molecule has 0 fully saturated rings. The topological polar surface area (TPSA) is 64.4 Å². The van der Waals surface area contributed by atoms with Gasteiger partial charge in [-0.05, 0) is 62.2 Å². The van der Waals surface area contributed by atoms with Crippen molar-refractivity contribution >= 4 is 16.8 Å². The number of unbranched alkanes of at least 4 members (excludes halogenated alkanes) is 8. The molecule has 0 bridgehead atoms. The summed E-state index contributed by atoms with van der Waals surface area (Å²) in [7, 11) is 0. The minimum atomic E-state index is -0.435. The van der Waals surface area contributed by atoms with E-state index in [0.29, 0.717) is 42.0 Å². The molecule has 0 aliphatic rings. The molecule has 1 aromatic heterocycles. The zero-order chi connectivity index (χ0) is 30.4. The van der Waals surface area contributed by atoms with E-state index >= 15 is 0 Å². The van der Waals surface area contributed by atoms with Crippen LogP contribution in [0.5, 0.6) is 5.75 Å². The van der Waals surface area contributed by atoms with Crippen LogP contribution in [-0.2, 0) is 11.3 Å². The molecule has 3 aromatic carbocycles. The maximum Gasteiger partial charge on any atom is 0.266 e. The van der Waals surface area contributed by atoms with Crippen LogP contribution in [0.3, 0.4) is 0 Å². The lowest BCUT2D eigenvalue weighted by Gasteiger charge is -2.31. The summed E-state index contributed by atoms with van der Waals surface area (Å²) in [6.07, 6.45) is 11.3. The largest absolute Gasteiger partial charge is 0.494 e. The summed E-state index contributed by atoms with van der Waals surface area (Å²) in [5, 5.41) is 0.544. The van der Waals surface area contributed by atoms with Crippen LogP contribution in [0.2, 0.25) is 0 Å². The maximum absolute atomic E-state index is 14.0. The number of amides is 1. The Labute approximate surface area is 256 Å². The van der Waals surface area contributed by atoms with Gasteiger partial charge in [0.2, 0.25) is 5.91 Å². The highest BCUT2D eigenvalue weighted by molar-refractivity contribution is 5.79. The smallest absolute Gasteiger partial charge is 0.266 e. The molecule has 1 unspecified atom stereocenters. The summed E-state index contributed by atoms with van der Waals surface area (Å²) >= 11 is 0. The molecule has 0 aliphatic carbocycles. The number of nitrogens with zero attached hydrogens (tertiary/aromatic N) is 3. The quantitative estimate of drug-likeness (QED) is 0.117. The van der Waals surface area contributed by atoms with E-state index in [4.69, 9.17) is 9.72 Å². The Kier molecular flexibility index (Phi) is 12.4. The van der Waals surface area contributed by atoms with Gasteiger partial charge in [0.05, 0.1) is 29.2 Å². The van der Waals surface area contributed by atoms with E-state index in [1.807, 2.05) is 91.5 Å². The van der Waals surface area contributed by atoms with E-state index in [-0.39, 0.29) is 11.5 Å². The van der Waals surface area contributed by atoms with Crippen molar-refractivity contribution in [1.82, 2.24) is 14.5 Å². The second-order valence-corrected chi connectivity index (χ2v) is 11.3. The highest BCUT2D eigenvalue weighted by Gasteiger charge is 2.27. The molecule has 43 heavy (non-hydrogen) atoms. The Bertz CT molecular complexity index is 1480. The molecular weight excluding hydrogens is 534 g/mol. The summed E-state index contributed by atoms with van der Waals surface area (Å²) in [5.41, 5.74) is 2.22. The van der Waals surface area contributed by atoms with E-state index in [9.17, 15) is 9.59 Å². The second-order valence-electron chi connectivity index (χ2n) is 11.3. The molecule has 6 heteroatoms. The number of fused-ring (bicyclic) bond motifs is 1. The molecule has 6 nitrogen and oxygen atoms in total.